The third-order valence-corrected chi connectivity index (χ3v) is 13.5. The maximum Gasteiger partial charge on any atom is 0.242 e. The van der Waals surface area contributed by atoms with Crippen LogP contribution in [0.25, 0.3) is 32.3 Å². The lowest BCUT2D eigenvalue weighted by molar-refractivity contribution is -0.148. The van der Waals surface area contributed by atoms with Crippen molar-refractivity contribution in [1.82, 2.24) is 29.4 Å². The van der Waals surface area contributed by atoms with Crippen LogP contribution in [0.5, 0.6) is 0 Å². The Kier molecular flexibility index (Phi) is 20.0. The number of ketones is 1. The van der Waals surface area contributed by atoms with E-state index in [1.165, 1.54) is 19.6 Å². The van der Waals surface area contributed by atoms with Crippen molar-refractivity contribution >= 4 is 67.6 Å². The normalized spacial score (nSPS) is 16.2. The molecule has 0 unspecified atom stereocenters. The van der Waals surface area contributed by atoms with Crippen molar-refractivity contribution in [2.45, 2.75) is 58.2 Å². The first-order chi connectivity index (χ1) is 35.5. The minimum absolute atomic E-state index is 0.00682. The fraction of sp³-hybridized carbons (Fsp3) is 0.379. The van der Waals surface area contributed by atoms with Crippen LogP contribution in [-0.2, 0) is 48.4 Å². The Morgan fingerprint density at radius 2 is 0.699 bits per heavy atom. The largest absolute Gasteiger partial charge is 0.332 e. The van der Waals surface area contributed by atoms with E-state index in [0.717, 1.165) is 49.0 Å². The number of carbonyl (C=O) groups excluding carboxylic acids is 6. The summed E-state index contributed by atoms with van der Waals surface area (Å²) in [6, 6.07) is 41.4. The Morgan fingerprint density at radius 3 is 1.11 bits per heavy atom. The van der Waals surface area contributed by atoms with Crippen LogP contribution in [0.1, 0.15) is 55.2 Å². The highest BCUT2D eigenvalue weighted by molar-refractivity contribution is 5.93. The van der Waals surface area contributed by atoms with Crippen molar-refractivity contribution in [2.75, 3.05) is 85.1 Å². The first-order valence-electron chi connectivity index (χ1n) is 25.7. The molecule has 5 amide bonds. The summed E-state index contributed by atoms with van der Waals surface area (Å²) < 4.78 is 0. The first-order valence-corrected chi connectivity index (χ1v) is 25.7. The highest BCUT2D eigenvalue weighted by Gasteiger charge is 2.30. The molecule has 1 heterocycles. The number of carbonyl (C=O) groups is 6. The Bertz CT molecular complexity index is 2860. The van der Waals surface area contributed by atoms with Gasteiger partial charge in [0, 0.05) is 39.1 Å². The Morgan fingerprint density at radius 1 is 0.356 bits per heavy atom. The summed E-state index contributed by atoms with van der Waals surface area (Å²) in [6.45, 7) is 0.943. The summed E-state index contributed by atoms with van der Waals surface area (Å²) in [4.78, 5) is 96.7. The van der Waals surface area contributed by atoms with E-state index in [2.05, 4.69) is 0 Å². The van der Waals surface area contributed by atoms with Gasteiger partial charge in [-0.1, -0.05) is 109 Å². The van der Waals surface area contributed by atoms with Crippen molar-refractivity contribution in [3.8, 4) is 0 Å². The number of Topliss-reactive ketones (excluding diaryl/α,β-unsaturated/α-hetero) is 1. The van der Waals surface area contributed by atoms with E-state index in [1.54, 1.807) is 4.90 Å². The molecule has 7 rings (SSSR count). The van der Waals surface area contributed by atoms with Gasteiger partial charge in [-0.05, 0) is 132 Å². The second-order valence-corrected chi connectivity index (χ2v) is 19.1. The number of nitrogens with zero attached hydrogens (tertiary/aromatic N) is 6. The van der Waals surface area contributed by atoms with Gasteiger partial charge in [-0.15, -0.1) is 0 Å². The number of hydrogen-bond donors (Lipinski definition) is 3. The van der Waals surface area contributed by atoms with Gasteiger partial charge in [-0.3, -0.25) is 33.7 Å². The lowest BCUT2D eigenvalue weighted by Gasteiger charge is -2.32. The van der Waals surface area contributed by atoms with Gasteiger partial charge in [0.2, 0.25) is 29.5 Å². The molecular weight excluding hydrogens is 919 g/mol. The van der Waals surface area contributed by atoms with Crippen molar-refractivity contribution < 1.29 is 28.8 Å². The molecule has 1 aliphatic rings. The fourth-order valence-corrected chi connectivity index (χ4v) is 9.40. The summed E-state index contributed by atoms with van der Waals surface area (Å²) in [5, 5.41) is 6.03. The minimum Gasteiger partial charge on any atom is -0.332 e. The minimum atomic E-state index is -0.497. The summed E-state index contributed by atoms with van der Waals surface area (Å²) in [6.07, 6.45) is 2.72. The van der Waals surface area contributed by atoms with E-state index in [-0.39, 0.29) is 96.6 Å². The molecule has 1 fully saturated rings. The van der Waals surface area contributed by atoms with Gasteiger partial charge in [0.15, 0.2) is 5.78 Å². The molecule has 15 heteroatoms. The topological polar surface area (TPSA) is 200 Å². The molecule has 1 aliphatic heterocycles. The molecule has 6 aromatic carbocycles. The van der Waals surface area contributed by atoms with Gasteiger partial charge in [0.1, 0.15) is 13.1 Å². The molecular formula is C58H71N9O6. The zero-order valence-corrected chi connectivity index (χ0v) is 42.0. The van der Waals surface area contributed by atoms with Crippen molar-refractivity contribution in [3.05, 3.63) is 144 Å². The maximum atomic E-state index is 14.9. The molecule has 384 valence electrons. The highest BCUT2D eigenvalue weighted by atomic mass is 16.2. The van der Waals surface area contributed by atoms with Gasteiger partial charge in [0.25, 0.3) is 0 Å². The molecule has 1 saturated heterocycles. The van der Waals surface area contributed by atoms with E-state index in [1.807, 2.05) is 132 Å². The number of rotatable bonds is 15. The second kappa shape index (κ2) is 27.1. The third-order valence-electron chi connectivity index (χ3n) is 13.5. The molecule has 73 heavy (non-hydrogen) atoms. The van der Waals surface area contributed by atoms with Crippen LogP contribution in [0.4, 0.5) is 0 Å². The predicted molar refractivity (Wildman–Crippen MR) is 288 cm³/mol. The van der Waals surface area contributed by atoms with Crippen LogP contribution in [0.15, 0.2) is 127 Å². The van der Waals surface area contributed by atoms with Crippen molar-refractivity contribution in [2.24, 2.45) is 17.2 Å². The van der Waals surface area contributed by atoms with E-state index < -0.39 is 30.2 Å². The quantitative estimate of drug-likeness (QED) is 0.122. The SMILES string of the molecule is NCCCN1CCCCC(=O)CN(Cc2ccc3ccccc3c2)C(=O)CN(CCCN)C(=O)CN(Cc2ccc3ccccc3c2)C(=O)CN(CCCN)C(=O)CN(Cc2ccc3ccccc3c2)C(=O)C1. The molecule has 0 aliphatic carbocycles. The Hall–Kier alpha value is -7.04. The zero-order chi connectivity index (χ0) is 51.5. The van der Waals surface area contributed by atoms with Crippen LogP contribution < -0.4 is 17.2 Å². The summed E-state index contributed by atoms with van der Waals surface area (Å²) in [7, 11) is 0. The van der Waals surface area contributed by atoms with Gasteiger partial charge >= 0.3 is 0 Å². The zero-order valence-electron chi connectivity index (χ0n) is 42.0. The standard InChI is InChI=1S/C58H71N9O6/c59-25-9-29-62-28-8-7-18-53(68)38-65(35-44-19-22-47-12-1-4-15-50(47)32-44)57(72)40-63(30-10-26-60)56(71)43-67(37-46-21-24-49-14-3-6-17-52(49)34-46)58(73)41-64(31-11-27-61)55(70)42-66(54(69)39-62)36-45-20-23-48-13-2-5-16-51(48)33-45/h1-6,12-17,19-24,32-34H,7-11,18,25-31,35-43,59-61H2. The lowest BCUT2D eigenvalue weighted by Crippen LogP contribution is -2.51. The first kappa shape index (κ1) is 53.8. The summed E-state index contributed by atoms with van der Waals surface area (Å²) in [5.41, 5.74) is 20.4. The second-order valence-electron chi connectivity index (χ2n) is 19.1. The van der Waals surface area contributed by atoms with Crippen LogP contribution in [0.2, 0.25) is 0 Å². The van der Waals surface area contributed by atoms with Crippen molar-refractivity contribution in [3.63, 3.8) is 0 Å². The number of amides is 5. The molecule has 0 spiro atoms. The summed E-state index contributed by atoms with van der Waals surface area (Å²) >= 11 is 0. The monoisotopic (exact) mass is 990 g/mol. The summed E-state index contributed by atoms with van der Waals surface area (Å²) in [5.74, 6) is -2.24. The van der Waals surface area contributed by atoms with Gasteiger partial charge in [0.05, 0.1) is 26.2 Å². The van der Waals surface area contributed by atoms with E-state index >= 15 is 0 Å². The van der Waals surface area contributed by atoms with Crippen LogP contribution >= 0.6 is 0 Å². The van der Waals surface area contributed by atoms with E-state index in [0.29, 0.717) is 51.7 Å². The molecule has 0 atom stereocenters. The van der Waals surface area contributed by atoms with Crippen LogP contribution in [0.3, 0.4) is 0 Å². The number of hydrogen-bond acceptors (Lipinski definition) is 10. The molecule has 0 aromatic heterocycles. The molecule has 15 nitrogen and oxygen atoms in total. The third kappa shape index (κ3) is 15.7. The van der Waals surface area contributed by atoms with E-state index in [4.69, 9.17) is 17.2 Å². The Labute approximate surface area is 428 Å². The molecule has 6 aromatic rings. The van der Waals surface area contributed by atoms with Gasteiger partial charge < -0.3 is 41.7 Å². The van der Waals surface area contributed by atoms with Gasteiger partial charge in [-0.2, -0.15) is 0 Å². The van der Waals surface area contributed by atoms with Crippen molar-refractivity contribution in [1.29, 1.82) is 0 Å². The average Bonchev–Trinajstić information content (AvgIpc) is 3.40. The number of nitrogens with two attached hydrogens (primary N) is 3. The number of fused-ring (bicyclic) bond motifs is 3. The fourth-order valence-electron chi connectivity index (χ4n) is 9.40. The molecule has 0 bridgehead atoms. The van der Waals surface area contributed by atoms with Crippen LogP contribution in [0, 0.1) is 0 Å². The van der Waals surface area contributed by atoms with Gasteiger partial charge in [-0.25, -0.2) is 0 Å². The predicted octanol–water partition coefficient (Wildman–Crippen LogP) is 5.29. The molecule has 6 N–H and O–H groups in total. The lowest BCUT2D eigenvalue weighted by atomic mass is 10.1. The molecule has 0 saturated carbocycles. The van der Waals surface area contributed by atoms with Crippen LogP contribution in [-0.4, -0.2) is 150 Å². The maximum absolute atomic E-state index is 14.9. The highest BCUT2D eigenvalue weighted by Crippen LogP contribution is 2.21. The van der Waals surface area contributed by atoms with E-state index in [9.17, 15) is 28.8 Å². The Balaban J connectivity index is 1.24. The number of benzene rings is 6. The molecule has 0 radical (unpaired) electrons. The smallest absolute Gasteiger partial charge is 0.242 e. The average molecular weight is 990 g/mol.